The minimum absolute atomic E-state index is 0.000763. The van der Waals surface area contributed by atoms with Crippen molar-refractivity contribution < 1.29 is 24.5 Å². The fourth-order valence-corrected chi connectivity index (χ4v) is 1.76. The summed E-state index contributed by atoms with van der Waals surface area (Å²) in [5.41, 5.74) is 0. The Bertz CT molecular complexity index is 356. The summed E-state index contributed by atoms with van der Waals surface area (Å²) >= 11 is 0. The van der Waals surface area contributed by atoms with Crippen LogP contribution in [0.1, 0.15) is 20.3 Å². The molecule has 0 bridgehead atoms. The Morgan fingerprint density at radius 3 is 2.58 bits per heavy atom. The highest BCUT2D eigenvalue weighted by Gasteiger charge is 2.28. The van der Waals surface area contributed by atoms with Crippen LogP contribution in [-0.2, 0) is 9.53 Å². The average Bonchev–Trinajstić information content (AvgIpc) is 2.29. The van der Waals surface area contributed by atoms with Gasteiger partial charge in [-0.15, -0.1) is 0 Å². The molecule has 0 saturated carbocycles. The van der Waals surface area contributed by atoms with Gasteiger partial charge in [-0.05, 0) is 13.8 Å². The Balaban J connectivity index is 2.58. The summed E-state index contributed by atoms with van der Waals surface area (Å²) < 4.78 is 5.40. The number of hydrogen-bond donors (Lipinski definition) is 4. The summed E-state index contributed by atoms with van der Waals surface area (Å²) in [6, 6.07) is -0.835. The SMILES string of the molecule is CC(C)NC(=O)N[C@@H]1C=C[C@H](CC(=O)O)O[C@@H]1CO. The van der Waals surface area contributed by atoms with E-state index < -0.39 is 24.2 Å². The van der Waals surface area contributed by atoms with Gasteiger partial charge in [-0.3, -0.25) is 4.79 Å². The van der Waals surface area contributed by atoms with Gasteiger partial charge in [0.1, 0.15) is 6.10 Å². The lowest BCUT2D eigenvalue weighted by Crippen LogP contribution is -2.52. The van der Waals surface area contributed by atoms with Crippen LogP contribution in [0.15, 0.2) is 12.2 Å². The Hall–Kier alpha value is -1.60. The number of urea groups is 1. The zero-order valence-corrected chi connectivity index (χ0v) is 11.0. The van der Waals surface area contributed by atoms with Crippen LogP contribution in [0.3, 0.4) is 0 Å². The molecule has 108 valence electrons. The quantitative estimate of drug-likeness (QED) is 0.521. The molecule has 1 aliphatic heterocycles. The topological polar surface area (TPSA) is 108 Å². The predicted octanol–water partition coefficient (Wildman–Crippen LogP) is -0.147. The number of amides is 2. The fraction of sp³-hybridized carbons (Fsp3) is 0.667. The molecule has 0 fully saturated rings. The molecule has 0 saturated heterocycles. The van der Waals surface area contributed by atoms with Crippen LogP contribution in [-0.4, -0.2) is 53.1 Å². The number of ether oxygens (including phenoxy) is 1. The maximum Gasteiger partial charge on any atom is 0.315 e. The molecule has 1 rings (SSSR count). The molecule has 0 radical (unpaired) electrons. The van der Waals surface area contributed by atoms with Crippen molar-refractivity contribution in [1.29, 1.82) is 0 Å². The smallest absolute Gasteiger partial charge is 0.315 e. The Kier molecular flexibility index (Phi) is 5.78. The van der Waals surface area contributed by atoms with E-state index in [9.17, 15) is 14.7 Å². The second kappa shape index (κ2) is 7.10. The van der Waals surface area contributed by atoms with Crippen LogP contribution in [0, 0.1) is 0 Å². The molecular weight excluding hydrogens is 252 g/mol. The Labute approximate surface area is 111 Å². The van der Waals surface area contributed by atoms with Crippen LogP contribution in [0.2, 0.25) is 0 Å². The van der Waals surface area contributed by atoms with Gasteiger partial charge in [-0.2, -0.15) is 0 Å². The second-order valence-electron chi connectivity index (χ2n) is 4.68. The maximum absolute atomic E-state index is 11.6. The van der Waals surface area contributed by atoms with Gasteiger partial charge in [0, 0.05) is 6.04 Å². The van der Waals surface area contributed by atoms with Gasteiger partial charge < -0.3 is 25.6 Å². The highest BCUT2D eigenvalue weighted by atomic mass is 16.5. The van der Waals surface area contributed by atoms with Gasteiger partial charge >= 0.3 is 12.0 Å². The average molecular weight is 272 g/mol. The van der Waals surface area contributed by atoms with Crippen molar-refractivity contribution in [3.05, 3.63) is 12.2 Å². The molecule has 1 heterocycles. The van der Waals surface area contributed by atoms with Crippen molar-refractivity contribution in [3.8, 4) is 0 Å². The molecule has 19 heavy (non-hydrogen) atoms. The molecule has 0 aromatic heterocycles. The summed E-state index contributed by atoms with van der Waals surface area (Å²) in [6.45, 7) is 3.37. The van der Waals surface area contributed by atoms with Gasteiger partial charge in [0.25, 0.3) is 0 Å². The van der Waals surface area contributed by atoms with E-state index in [0.29, 0.717) is 0 Å². The third kappa shape index (κ3) is 5.27. The van der Waals surface area contributed by atoms with E-state index in [2.05, 4.69) is 10.6 Å². The molecule has 1 aliphatic rings. The zero-order chi connectivity index (χ0) is 14.4. The van der Waals surface area contributed by atoms with Gasteiger partial charge in [-0.1, -0.05) is 12.2 Å². The first-order valence-electron chi connectivity index (χ1n) is 6.15. The number of nitrogens with one attached hydrogen (secondary N) is 2. The van der Waals surface area contributed by atoms with Gasteiger partial charge in [0.15, 0.2) is 0 Å². The van der Waals surface area contributed by atoms with Crippen molar-refractivity contribution in [3.63, 3.8) is 0 Å². The van der Waals surface area contributed by atoms with E-state index in [1.807, 2.05) is 13.8 Å². The van der Waals surface area contributed by atoms with Crippen LogP contribution >= 0.6 is 0 Å². The third-order valence-electron chi connectivity index (χ3n) is 2.56. The summed E-state index contributed by atoms with van der Waals surface area (Å²) in [6.07, 6.45) is 1.84. The molecule has 7 heteroatoms. The summed E-state index contributed by atoms with van der Waals surface area (Å²) in [5.74, 6) is -0.977. The Morgan fingerprint density at radius 1 is 1.37 bits per heavy atom. The first kappa shape index (κ1) is 15.5. The molecule has 0 aromatic rings. The highest BCUT2D eigenvalue weighted by molar-refractivity contribution is 5.74. The molecular formula is C12H20N2O5. The van der Waals surface area contributed by atoms with E-state index in [4.69, 9.17) is 9.84 Å². The van der Waals surface area contributed by atoms with Crippen LogP contribution in [0.4, 0.5) is 4.79 Å². The zero-order valence-electron chi connectivity index (χ0n) is 11.0. The normalized spacial score (nSPS) is 26.2. The van der Waals surface area contributed by atoms with Crippen LogP contribution < -0.4 is 10.6 Å². The number of carboxylic acids is 1. The lowest BCUT2D eigenvalue weighted by Gasteiger charge is -2.31. The predicted molar refractivity (Wildman–Crippen MR) is 67.7 cm³/mol. The largest absolute Gasteiger partial charge is 0.481 e. The lowest BCUT2D eigenvalue weighted by molar-refractivity contribution is -0.141. The summed E-state index contributed by atoms with van der Waals surface area (Å²) in [5, 5.41) is 23.2. The standard InChI is InChI=1S/C12H20N2O5/c1-7(2)13-12(18)14-9-4-3-8(5-11(16)17)19-10(9)6-15/h3-4,7-10,15H,5-6H2,1-2H3,(H,16,17)(H2,13,14,18)/t8-,9-,10-/m1/s1. The van der Waals surface area contributed by atoms with E-state index in [1.54, 1.807) is 12.2 Å². The fourth-order valence-electron chi connectivity index (χ4n) is 1.76. The second-order valence-corrected chi connectivity index (χ2v) is 4.68. The lowest BCUT2D eigenvalue weighted by atomic mass is 10.1. The van der Waals surface area contributed by atoms with Crippen molar-refractivity contribution in [1.82, 2.24) is 10.6 Å². The number of carbonyl (C=O) groups is 2. The first-order chi connectivity index (χ1) is 8.92. The van der Waals surface area contributed by atoms with Crippen LogP contribution in [0.5, 0.6) is 0 Å². The van der Waals surface area contributed by atoms with Crippen molar-refractivity contribution in [2.75, 3.05) is 6.61 Å². The minimum Gasteiger partial charge on any atom is -0.481 e. The van der Waals surface area contributed by atoms with Gasteiger partial charge in [0.2, 0.25) is 0 Å². The van der Waals surface area contributed by atoms with E-state index in [-0.39, 0.29) is 25.1 Å². The molecule has 2 amide bonds. The summed E-state index contributed by atoms with van der Waals surface area (Å²) in [4.78, 5) is 22.1. The molecule has 0 aromatic carbocycles. The number of carbonyl (C=O) groups excluding carboxylic acids is 1. The highest BCUT2D eigenvalue weighted by Crippen LogP contribution is 2.15. The maximum atomic E-state index is 11.6. The minimum atomic E-state index is -0.977. The monoisotopic (exact) mass is 272 g/mol. The van der Waals surface area contributed by atoms with E-state index in [0.717, 1.165) is 0 Å². The Morgan fingerprint density at radius 2 is 2.05 bits per heavy atom. The van der Waals surface area contributed by atoms with Crippen LogP contribution in [0.25, 0.3) is 0 Å². The molecule has 0 unspecified atom stereocenters. The van der Waals surface area contributed by atoms with Crippen molar-refractivity contribution in [2.45, 2.75) is 44.6 Å². The number of aliphatic hydroxyl groups is 1. The number of aliphatic hydroxyl groups excluding tert-OH is 1. The summed E-state index contributed by atoms with van der Waals surface area (Å²) in [7, 11) is 0. The van der Waals surface area contributed by atoms with Crippen molar-refractivity contribution >= 4 is 12.0 Å². The third-order valence-corrected chi connectivity index (χ3v) is 2.56. The number of hydrogen-bond acceptors (Lipinski definition) is 4. The first-order valence-corrected chi connectivity index (χ1v) is 6.15. The molecule has 4 N–H and O–H groups in total. The van der Waals surface area contributed by atoms with E-state index in [1.165, 1.54) is 0 Å². The molecule has 3 atom stereocenters. The number of aliphatic carboxylic acids is 1. The molecule has 0 aliphatic carbocycles. The molecule has 7 nitrogen and oxygen atoms in total. The van der Waals surface area contributed by atoms with E-state index >= 15 is 0 Å². The van der Waals surface area contributed by atoms with Gasteiger partial charge in [0.05, 0.1) is 25.2 Å². The number of rotatable bonds is 5. The van der Waals surface area contributed by atoms with Crippen molar-refractivity contribution in [2.24, 2.45) is 0 Å². The van der Waals surface area contributed by atoms with Gasteiger partial charge in [-0.25, -0.2) is 4.79 Å². The number of carboxylic acid groups (broad SMARTS) is 1. The molecule has 0 spiro atoms.